The smallest absolute Gasteiger partial charge is 0.294 e. The Hall–Kier alpha value is -19.0. The average molecular weight is 1680 g/mol. The minimum Gasteiger partial charge on any atom is -0.370 e. The van der Waals surface area contributed by atoms with E-state index in [-0.39, 0.29) is 23.3 Å². The molecule has 608 valence electrons. The van der Waals surface area contributed by atoms with Crippen LogP contribution in [0.4, 0.5) is 23.3 Å². The molecule has 28 aromatic rings. The summed E-state index contributed by atoms with van der Waals surface area (Å²) in [6.45, 7) is 30.1. The zero-order valence-electron chi connectivity index (χ0n) is 70.1. The first-order valence-corrected chi connectivity index (χ1v) is 43.2. The number of nitrogens with zero attached hydrogens (tertiary/aromatic N) is 16. The summed E-state index contributed by atoms with van der Waals surface area (Å²) in [5, 5.41) is 26.8. The summed E-state index contributed by atoms with van der Waals surface area (Å²) in [5.41, 5.74) is 20.1. The Morgan fingerprint density at radius 1 is 0.167 bits per heavy atom. The maximum Gasteiger partial charge on any atom is 0.294 e. The molecule has 28 rings (SSSR count). The number of hydrogen-bond donors (Lipinski definition) is 0. The minimum atomic E-state index is 0.0350. The van der Waals surface area contributed by atoms with E-state index in [1.54, 1.807) is 24.8 Å². The number of fused-ring (bicyclic) bond motifs is 38. The summed E-state index contributed by atoms with van der Waals surface area (Å²) in [6, 6.07) is 127. The molecule has 0 unspecified atom stereocenters. The first-order valence-electron chi connectivity index (χ1n) is 43.2. The van der Waals surface area contributed by atoms with Crippen LogP contribution in [0.25, 0.3) is 260 Å². The maximum absolute atomic E-state index is 7.56. The van der Waals surface area contributed by atoms with Gasteiger partial charge in [0, 0.05) is 139 Å². The third-order valence-electron chi connectivity index (χ3n) is 25.8. The fourth-order valence-electron chi connectivity index (χ4n) is 20.3. The van der Waals surface area contributed by atoms with Gasteiger partial charge in [0.1, 0.15) is 0 Å². The highest BCUT2D eigenvalue weighted by Gasteiger charge is 2.28. The first-order chi connectivity index (χ1) is 65.4. The van der Waals surface area contributed by atoms with Crippen molar-refractivity contribution in [2.45, 2.75) is 0 Å². The van der Waals surface area contributed by atoms with E-state index in [0.717, 1.165) is 148 Å². The van der Waals surface area contributed by atoms with E-state index in [1.807, 2.05) is 60.7 Å². The van der Waals surface area contributed by atoms with Gasteiger partial charge >= 0.3 is 0 Å². The molecular formula is C116H64N16. The first kappa shape index (κ1) is 75.5. The topological polar surface area (TPSA) is 140 Å². The highest BCUT2D eigenvalue weighted by atomic mass is 15.0. The normalized spacial score (nSPS) is 11.6. The predicted molar refractivity (Wildman–Crippen MR) is 541 cm³/mol. The Morgan fingerprint density at radius 3 is 0.841 bits per heavy atom. The predicted octanol–water partition coefficient (Wildman–Crippen LogP) is 30.3. The van der Waals surface area contributed by atoms with Gasteiger partial charge < -0.3 is 37.6 Å². The molecule has 0 saturated carbocycles. The van der Waals surface area contributed by atoms with Crippen molar-refractivity contribution in [1.82, 2.24) is 58.1 Å². The van der Waals surface area contributed by atoms with E-state index in [4.69, 9.17) is 46.2 Å². The van der Waals surface area contributed by atoms with Crippen LogP contribution < -0.4 is 0 Å². The van der Waals surface area contributed by atoms with Crippen LogP contribution in [0.2, 0.25) is 0 Å². The van der Waals surface area contributed by atoms with E-state index in [2.05, 4.69) is 361 Å². The van der Waals surface area contributed by atoms with Crippen LogP contribution in [0.15, 0.2) is 389 Å². The van der Waals surface area contributed by atoms with Gasteiger partial charge in [0.05, 0.1) is 66.2 Å². The Labute approximate surface area is 751 Å². The molecule has 8 heterocycles. The van der Waals surface area contributed by atoms with Crippen LogP contribution in [0.3, 0.4) is 0 Å². The number of aromatic nitrogens is 12. The van der Waals surface area contributed by atoms with Gasteiger partial charge in [0.25, 0.3) is 23.3 Å². The Kier molecular flexibility index (Phi) is 17.4. The molecule has 0 aliphatic carbocycles. The van der Waals surface area contributed by atoms with E-state index in [9.17, 15) is 0 Å². The van der Waals surface area contributed by atoms with Crippen LogP contribution >= 0.6 is 0 Å². The fraction of sp³-hybridized carbons (Fsp3) is 0. The second-order valence-corrected chi connectivity index (χ2v) is 32.6. The molecule has 20 aromatic carbocycles. The van der Waals surface area contributed by atoms with Crippen molar-refractivity contribution in [1.29, 1.82) is 0 Å². The van der Waals surface area contributed by atoms with Crippen LogP contribution in [0, 0.1) is 26.3 Å². The molecule has 0 radical (unpaired) electrons. The highest BCUT2D eigenvalue weighted by Crippen LogP contribution is 2.49. The standard InChI is InChI=1S/2C30H15N5.2C28H17N3/c1-31-29-30(32-2)34-27-23-17-16-22-19-12-8-9-15-24(19)35(18-10-4-3-5-11-18)28(22)25(23)20-13-6-7-14-21(20)26(27)33-29;1-31-29-30(32-2)34-28-24-16-23-20-13-8-9-15-25(20)35(18-10-4-3-5-11-18)26(23)17-22(24)19-12-6-7-14-21(19)27(28)33-29;1-2-8-18(9-3-1)31-25-13-7-6-11-20(25)23-16-22-19-10-4-5-12-21(19)27-28(30-15-14-29-27)24(22)17-26(23)31;1-2-8-18(9-3-1)31-24-13-7-6-11-20(24)23-15-14-21-19-10-4-5-12-22(19)26-27(25(21)28(23)31)30-17-16-29-26/h2*3-17H;2*1-17H. The number of para-hydroxylation sites is 8. The van der Waals surface area contributed by atoms with E-state index >= 15 is 0 Å². The monoisotopic (exact) mass is 1680 g/mol. The lowest BCUT2D eigenvalue weighted by Crippen LogP contribution is -1.96. The van der Waals surface area contributed by atoms with Gasteiger partial charge in [0.15, 0.2) is 0 Å². The second-order valence-electron chi connectivity index (χ2n) is 32.6. The van der Waals surface area contributed by atoms with E-state index in [1.165, 1.54) is 70.5 Å². The molecule has 0 aliphatic heterocycles. The zero-order chi connectivity index (χ0) is 87.8. The molecule has 0 N–H and O–H groups in total. The summed E-state index contributed by atoms with van der Waals surface area (Å²) in [4.78, 5) is 51.5. The molecule has 0 saturated heterocycles. The van der Waals surface area contributed by atoms with Crippen molar-refractivity contribution >= 4 is 241 Å². The summed E-state index contributed by atoms with van der Waals surface area (Å²) in [7, 11) is 0. The van der Waals surface area contributed by atoms with Crippen LogP contribution in [0.1, 0.15) is 0 Å². The molecule has 0 amide bonds. The minimum absolute atomic E-state index is 0.0350. The highest BCUT2D eigenvalue weighted by molar-refractivity contribution is 6.35. The maximum atomic E-state index is 7.56. The molecule has 0 spiro atoms. The molecule has 16 nitrogen and oxygen atoms in total. The molecule has 0 aliphatic rings. The van der Waals surface area contributed by atoms with Crippen molar-refractivity contribution in [2.75, 3.05) is 0 Å². The summed E-state index contributed by atoms with van der Waals surface area (Å²) in [6.07, 6.45) is 7.14. The molecule has 0 bridgehead atoms. The number of benzene rings is 20. The third-order valence-corrected chi connectivity index (χ3v) is 25.8. The average Bonchev–Trinajstić information content (AvgIpc) is 1.51. The fourth-order valence-corrected chi connectivity index (χ4v) is 20.3. The Bertz CT molecular complexity index is 9900. The molecule has 16 heteroatoms. The Morgan fingerprint density at radius 2 is 0.417 bits per heavy atom. The van der Waals surface area contributed by atoms with Crippen molar-refractivity contribution in [3.63, 3.8) is 0 Å². The lowest BCUT2D eigenvalue weighted by molar-refractivity contribution is 1.18. The van der Waals surface area contributed by atoms with E-state index in [0.29, 0.717) is 22.1 Å². The van der Waals surface area contributed by atoms with Crippen LogP contribution in [0.5, 0.6) is 0 Å². The third kappa shape index (κ3) is 11.6. The zero-order valence-corrected chi connectivity index (χ0v) is 70.1. The van der Waals surface area contributed by atoms with Gasteiger partial charge in [-0.2, -0.15) is 0 Å². The lowest BCUT2D eigenvalue weighted by atomic mass is 9.97. The summed E-state index contributed by atoms with van der Waals surface area (Å²) in [5.74, 6) is 0.152. The SMILES string of the molecule is [C-]#[N+]c1nc2c3ccccc3c3c(ccc4c5ccccc5n(-c5ccccc5)c43)c2nc1[N+]#[C-].[C-]#[N+]c1nc2c3ccccc3c3cc4c(cc3c2nc1[N+]#[C-])c1ccccc1n4-c1ccccc1.c1ccc(-n2c3ccccc3c3cc4c5ccccc5c5nccnc5c4cc32)cc1.c1ccc(-n2c3ccccc3c3ccc4c5ccccc5c5nccnc5c4c32)cc1. The van der Waals surface area contributed by atoms with Gasteiger partial charge in [0.2, 0.25) is 22.1 Å². The second kappa shape index (κ2) is 30.4. The van der Waals surface area contributed by atoms with E-state index < -0.39 is 0 Å². The summed E-state index contributed by atoms with van der Waals surface area (Å²) < 4.78 is 9.32. The van der Waals surface area contributed by atoms with Crippen LogP contribution in [-0.4, -0.2) is 58.1 Å². The van der Waals surface area contributed by atoms with Gasteiger partial charge in [-0.05, 0) is 153 Å². The Balaban J connectivity index is 0.0000000947. The van der Waals surface area contributed by atoms with Gasteiger partial charge in [-0.3, -0.25) is 19.9 Å². The quantitative estimate of drug-likeness (QED) is 0.125. The number of hydrogen-bond acceptors (Lipinski definition) is 8. The van der Waals surface area contributed by atoms with Crippen molar-refractivity contribution in [3.05, 3.63) is 434 Å². The van der Waals surface area contributed by atoms with Gasteiger partial charge in [-0.15, -0.1) is 19.9 Å². The summed E-state index contributed by atoms with van der Waals surface area (Å²) >= 11 is 0. The molecular weight excluding hydrogens is 1620 g/mol. The van der Waals surface area contributed by atoms with Crippen LogP contribution in [-0.2, 0) is 0 Å². The van der Waals surface area contributed by atoms with Crippen molar-refractivity contribution < 1.29 is 0 Å². The van der Waals surface area contributed by atoms with Gasteiger partial charge in [-0.25, -0.2) is 0 Å². The largest absolute Gasteiger partial charge is 0.370 e. The van der Waals surface area contributed by atoms with Crippen molar-refractivity contribution in [3.8, 4) is 22.7 Å². The molecule has 0 fully saturated rings. The molecule has 0 atom stereocenters. The lowest BCUT2D eigenvalue weighted by Gasteiger charge is -2.13. The number of rotatable bonds is 4. The molecule has 8 aromatic heterocycles. The van der Waals surface area contributed by atoms with Crippen molar-refractivity contribution in [2.24, 2.45) is 0 Å². The molecule has 132 heavy (non-hydrogen) atoms. The van der Waals surface area contributed by atoms with Gasteiger partial charge in [-0.1, -0.05) is 275 Å².